The third-order valence-electron chi connectivity index (χ3n) is 4.47. The average molecular weight is 295 g/mol. The van der Waals surface area contributed by atoms with Crippen LogP contribution < -0.4 is 10.2 Å². The number of piperidine rings is 1. The van der Waals surface area contributed by atoms with E-state index in [2.05, 4.69) is 23.2 Å². The van der Waals surface area contributed by atoms with E-state index in [9.17, 15) is 5.11 Å². The Morgan fingerprint density at radius 3 is 2.85 bits per heavy atom. The van der Waals surface area contributed by atoms with Crippen LogP contribution in [-0.4, -0.2) is 30.3 Å². The van der Waals surface area contributed by atoms with Crippen LogP contribution >= 0.6 is 11.6 Å². The first-order chi connectivity index (χ1) is 9.63. The summed E-state index contributed by atoms with van der Waals surface area (Å²) in [5, 5.41) is 14.4. The SMILES string of the molecule is CC1CCN(c2cc(Cl)ccc2CNC2CC2)CC1O. The summed E-state index contributed by atoms with van der Waals surface area (Å²) < 4.78 is 0. The second-order valence-electron chi connectivity index (χ2n) is 6.21. The van der Waals surface area contributed by atoms with Gasteiger partial charge < -0.3 is 15.3 Å². The van der Waals surface area contributed by atoms with E-state index in [4.69, 9.17) is 11.6 Å². The molecule has 0 amide bonds. The zero-order valence-electron chi connectivity index (χ0n) is 12.0. The molecular weight excluding hydrogens is 272 g/mol. The van der Waals surface area contributed by atoms with Gasteiger partial charge in [-0.25, -0.2) is 0 Å². The largest absolute Gasteiger partial charge is 0.391 e. The van der Waals surface area contributed by atoms with Crippen LogP contribution in [0.25, 0.3) is 0 Å². The molecule has 110 valence electrons. The summed E-state index contributed by atoms with van der Waals surface area (Å²) in [7, 11) is 0. The molecule has 3 rings (SSSR count). The molecule has 20 heavy (non-hydrogen) atoms. The lowest BCUT2D eigenvalue weighted by molar-refractivity contribution is 0.103. The molecule has 4 heteroatoms. The van der Waals surface area contributed by atoms with Crippen LogP contribution in [0.3, 0.4) is 0 Å². The number of nitrogens with one attached hydrogen (secondary N) is 1. The normalized spacial score (nSPS) is 26.9. The monoisotopic (exact) mass is 294 g/mol. The van der Waals surface area contributed by atoms with Crippen molar-refractivity contribution in [3.05, 3.63) is 28.8 Å². The Morgan fingerprint density at radius 2 is 2.15 bits per heavy atom. The summed E-state index contributed by atoms with van der Waals surface area (Å²) in [5.41, 5.74) is 2.46. The zero-order chi connectivity index (χ0) is 14.1. The molecular formula is C16H23ClN2O. The standard InChI is InChI=1S/C16H23ClN2O/c1-11-6-7-19(10-16(11)20)15-8-13(17)3-2-12(15)9-18-14-4-5-14/h2-3,8,11,14,16,18,20H,4-7,9-10H2,1H3. The molecule has 3 nitrogen and oxygen atoms in total. The Labute approximate surface area is 125 Å². The van der Waals surface area contributed by atoms with E-state index in [0.717, 1.165) is 24.5 Å². The van der Waals surface area contributed by atoms with Crippen LogP contribution in [0.5, 0.6) is 0 Å². The first-order valence-electron chi connectivity index (χ1n) is 7.58. The van der Waals surface area contributed by atoms with Crippen molar-refractivity contribution in [3.8, 4) is 0 Å². The molecule has 2 atom stereocenters. The number of benzene rings is 1. The Morgan fingerprint density at radius 1 is 1.35 bits per heavy atom. The van der Waals surface area contributed by atoms with Crippen LogP contribution in [0.4, 0.5) is 5.69 Å². The lowest BCUT2D eigenvalue weighted by atomic mass is 9.95. The average Bonchev–Trinajstić information content (AvgIpc) is 3.24. The summed E-state index contributed by atoms with van der Waals surface area (Å²) in [6, 6.07) is 6.80. The fourth-order valence-corrected chi connectivity index (χ4v) is 2.96. The molecule has 1 heterocycles. The fraction of sp³-hybridized carbons (Fsp3) is 0.625. The topological polar surface area (TPSA) is 35.5 Å². The minimum Gasteiger partial charge on any atom is -0.391 e. The van der Waals surface area contributed by atoms with E-state index >= 15 is 0 Å². The van der Waals surface area contributed by atoms with Crippen LogP contribution in [0.2, 0.25) is 5.02 Å². The predicted octanol–water partition coefficient (Wildman–Crippen LogP) is 2.80. The molecule has 1 aromatic carbocycles. The minimum atomic E-state index is -0.244. The highest BCUT2D eigenvalue weighted by molar-refractivity contribution is 6.30. The molecule has 2 fully saturated rings. The van der Waals surface area contributed by atoms with Gasteiger partial charge in [0.05, 0.1) is 6.10 Å². The van der Waals surface area contributed by atoms with Gasteiger partial charge in [0, 0.05) is 36.4 Å². The van der Waals surface area contributed by atoms with E-state index in [1.807, 2.05) is 12.1 Å². The Bertz CT molecular complexity index is 476. The first kappa shape index (κ1) is 14.2. The number of anilines is 1. The van der Waals surface area contributed by atoms with Crippen molar-refractivity contribution in [2.45, 2.75) is 44.9 Å². The second-order valence-corrected chi connectivity index (χ2v) is 6.64. The lowest BCUT2D eigenvalue weighted by Crippen LogP contribution is -2.43. The fourth-order valence-electron chi connectivity index (χ4n) is 2.79. The molecule has 1 aromatic rings. The van der Waals surface area contributed by atoms with Gasteiger partial charge in [0.2, 0.25) is 0 Å². The summed E-state index contributed by atoms with van der Waals surface area (Å²) in [6.45, 7) is 4.71. The predicted molar refractivity (Wildman–Crippen MR) is 83.3 cm³/mol. The maximum absolute atomic E-state index is 10.1. The van der Waals surface area contributed by atoms with E-state index in [-0.39, 0.29) is 6.10 Å². The molecule has 0 bridgehead atoms. The molecule has 2 aliphatic rings. The Kier molecular flexibility index (Phi) is 4.20. The highest BCUT2D eigenvalue weighted by Crippen LogP contribution is 2.30. The van der Waals surface area contributed by atoms with E-state index in [1.54, 1.807) is 0 Å². The lowest BCUT2D eigenvalue weighted by Gasteiger charge is -2.37. The summed E-state index contributed by atoms with van der Waals surface area (Å²) in [5.74, 6) is 0.387. The maximum Gasteiger partial charge on any atom is 0.0741 e. The van der Waals surface area contributed by atoms with Gasteiger partial charge in [0.25, 0.3) is 0 Å². The van der Waals surface area contributed by atoms with Crippen LogP contribution in [-0.2, 0) is 6.54 Å². The van der Waals surface area contributed by atoms with E-state index < -0.39 is 0 Å². The Balaban J connectivity index is 1.77. The van der Waals surface area contributed by atoms with Crippen molar-refractivity contribution in [1.29, 1.82) is 0 Å². The molecule has 2 N–H and O–H groups in total. The number of rotatable bonds is 4. The van der Waals surface area contributed by atoms with Gasteiger partial charge in [0.1, 0.15) is 0 Å². The van der Waals surface area contributed by atoms with Gasteiger partial charge >= 0.3 is 0 Å². The third-order valence-corrected chi connectivity index (χ3v) is 4.70. The molecule has 1 saturated carbocycles. The van der Waals surface area contributed by atoms with Crippen molar-refractivity contribution in [2.24, 2.45) is 5.92 Å². The maximum atomic E-state index is 10.1. The molecule has 1 saturated heterocycles. The third kappa shape index (κ3) is 3.27. The number of halogens is 1. The van der Waals surface area contributed by atoms with Gasteiger partial charge in [-0.05, 0) is 42.9 Å². The highest BCUT2D eigenvalue weighted by atomic mass is 35.5. The summed E-state index contributed by atoms with van der Waals surface area (Å²) >= 11 is 6.17. The van der Waals surface area contributed by atoms with Crippen LogP contribution in [0, 0.1) is 5.92 Å². The molecule has 1 aliphatic carbocycles. The Hall–Kier alpha value is -0.770. The van der Waals surface area contributed by atoms with E-state index in [0.29, 0.717) is 18.5 Å². The van der Waals surface area contributed by atoms with Crippen molar-refractivity contribution in [2.75, 3.05) is 18.0 Å². The van der Waals surface area contributed by atoms with Crippen molar-refractivity contribution >= 4 is 17.3 Å². The molecule has 2 unspecified atom stereocenters. The zero-order valence-corrected chi connectivity index (χ0v) is 12.7. The van der Waals surface area contributed by atoms with Crippen molar-refractivity contribution in [3.63, 3.8) is 0 Å². The van der Waals surface area contributed by atoms with Gasteiger partial charge in [0.15, 0.2) is 0 Å². The van der Waals surface area contributed by atoms with Gasteiger partial charge in [-0.3, -0.25) is 0 Å². The van der Waals surface area contributed by atoms with Crippen LogP contribution in [0.15, 0.2) is 18.2 Å². The number of hydrogen-bond donors (Lipinski definition) is 2. The number of nitrogens with zero attached hydrogens (tertiary/aromatic N) is 1. The van der Waals surface area contributed by atoms with Crippen LogP contribution in [0.1, 0.15) is 31.7 Å². The number of β-amino-alcohol motifs (C(OH)–C–C–N with tert-alkyl or cyclic N) is 1. The molecule has 0 radical (unpaired) electrons. The number of aliphatic hydroxyl groups is 1. The smallest absolute Gasteiger partial charge is 0.0741 e. The van der Waals surface area contributed by atoms with Gasteiger partial charge in [-0.2, -0.15) is 0 Å². The molecule has 0 spiro atoms. The van der Waals surface area contributed by atoms with Crippen molar-refractivity contribution in [1.82, 2.24) is 5.32 Å². The first-order valence-corrected chi connectivity index (χ1v) is 7.96. The quantitative estimate of drug-likeness (QED) is 0.896. The second kappa shape index (κ2) is 5.92. The van der Waals surface area contributed by atoms with Crippen molar-refractivity contribution < 1.29 is 5.11 Å². The van der Waals surface area contributed by atoms with Gasteiger partial charge in [-0.1, -0.05) is 24.6 Å². The molecule has 0 aromatic heterocycles. The minimum absolute atomic E-state index is 0.244. The summed E-state index contributed by atoms with van der Waals surface area (Å²) in [6.07, 6.45) is 3.38. The number of aliphatic hydroxyl groups excluding tert-OH is 1. The van der Waals surface area contributed by atoms with E-state index in [1.165, 1.54) is 24.1 Å². The summed E-state index contributed by atoms with van der Waals surface area (Å²) in [4.78, 5) is 2.28. The molecule has 1 aliphatic heterocycles. The highest BCUT2D eigenvalue weighted by Gasteiger charge is 2.26. The van der Waals surface area contributed by atoms with Gasteiger partial charge in [-0.15, -0.1) is 0 Å². The number of hydrogen-bond acceptors (Lipinski definition) is 3.